The van der Waals surface area contributed by atoms with Crippen LogP contribution in [0.5, 0.6) is 0 Å². The molecule has 0 aromatic heterocycles. The van der Waals surface area contributed by atoms with Crippen LogP contribution in [0.25, 0.3) is 0 Å². The lowest BCUT2D eigenvalue weighted by atomic mass is 10.0. The molecule has 128 valence electrons. The van der Waals surface area contributed by atoms with Crippen molar-refractivity contribution >= 4 is 11.6 Å². The maximum absolute atomic E-state index is 11.9. The molecule has 0 aliphatic carbocycles. The fourth-order valence-electron chi connectivity index (χ4n) is 2.57. The highest BCUT2D eigenvalue weighted by Crippen LogP contribution is 2.14. The third kappa shape index (κ3) is 8.96. The Morgan fingerprint density at radius 1 is 1.09 bits per heavy atom. The highest BCUT2D eigenvalue weighted by Gasteiger charge is 2.23. The predicted octanol–water partition coefficient (Wildman–Crippen LogP) is 4.80. The van der Waals surface area contributed by atoms with Crippen LogP contribution in [0.2, 0.25) is 0 Å². The predicted molar refractivity (Wildman–Crippen MR) is 93.1 cm³/mol. The van der Waals surface area contributed by atoms with Crippen molar-refractivity contribution in [3.05, 3.63) is 40.4 Å². The summed E-state index contributed by atoms with van der Waals surface area (Å²) < 4.78 is 0. The minimum atomic E-state index is -0.783. The molecule has 5 heteroatoms. The summed E-state index contributed by atoms with van der Waals surface area (Å²) in [5, 5.41) is 13.8. The first kappa shape index (κ1) is 19.1. The second-order valence-corrected chi connectivity index (χ2v) is 5.97. The molecule has 0 aliphatic rings. The number of unbranched alkanes of at least 4 members (excludes halogenated alkanes) is 6. The average Bonchev–Trinajstić information content (AvgIpc) is 2.53. The van der Waals surface area contributed by atoms with Gasteiger partial charge < -0.3 is 5.32 Å². The van der Waals surface area contributed by atoms with Crippen molar-refractivity contribution < 1.29 is 9.72 Å². The van der Waals surface area contributed by atoms with Crippen LogP contribution >= 0.6 is 0 Å². The molecule has 0 spiro atoms. The molecule has 1 unspecified atom stereocenters. The Bertz CT molecular complexity index is 463. The molecule has 0 radical (unpaired) electrons. The number of nitrogens with one attached hydrogen (secondary N) is 1. The third-order valence-corrected chi connectivity index (χ3v) is 3.92. The number of carbonyl (C=O) groups is 1. The lowest BCUT2D eigenvalue weighted by Gasteiger charge is -2.10. The molecule has 5 nitrogen and oxygen atoms in total. The van der Waals surface area contributed by atoms with Crippen LogP contribution in [0, 0.1) is 10.1 Å². The van der Waals surface area contributed by atoms with Crippen LogP contribution in [-0.2, 0) is 4.79 Å². The van der Waals surface area contributed by atoms with Crippen molar-refractivity contribution in [3.8, 4) is 0 Å². The second kappa shape index (κ2) is 11.6. The molecule has 0 bridgehead atoms. The number of carbonyl (C=O) groups excluding carboxylic acids is 1. The Kier molecular flexibility index (Phi) is 9.68. The molecule has 0 aliphatic heterocycles. The van der Waals surface area contributed by atoms with E-state index in [1.165, 1.54) is 25.7 Å². The topological polar surface area (TPSA) is 72.2 Å². The summed E-state index contributed by atoms with van der Waals surface area (Å²) in [5.74, 6) is -0.291. The average molecular weight is 320 g/mol. The van der Waals surface area contributed by atoms with Gasteiger partial charge in [-0.05, 0) is 18.6 Å². The molecule has 1 amide bonds. The fraction of sp³-hybridized carbons (Fsp3) is 0.611. The maximum atomic E-state index is 11.9. The minimum Gasteiger partial charge on any atom is -0.326 e. The summed E-state index contributed by atoms with van der Waals surface area (Å²) in [7, 11) is 0. The van der Waals surface area contributed by atoms with E-state index in [1.807, 2.05) is 18.2 Å². The number of rotatable bonds is 12. The van der Waals surface area contributed by atoms with E-state index in [-0.39, 0.29) is 17.3 Å². The van der Waals surface area contributed by atoms with E-state index in [4.69, 9.17) is 0 Å². The van der Waals surface area contributed by atoms with Gasteiger partial charge >= 0.3 is 0 Å². The second-order valence-electron chi connectivity index (χ2n) is 5.97. The van der Waals surface area contributed by atoms with Gasteiger partial charge in [0.25, 0.3) is 0 Å². The van der Waals surface area contributed by atoms with Gasteiger partial charge in [0.2, 0.25) is 11.9 Å². The summed E-state index contributed by atoms with van der Waals surface area (Å²) in [5.41, 5.74) is 0.676. The Labute approximate surface area is 138 Å². The molecule has 1 atom stereocenters. The molecular formula is C18H28N2O3. The largest absolute Gasteiger partial charge is 0.326 e. The van der Waals surface area contributed by atoms with Gasteiger partial charge in [-0.1, -0.05) is 63.6 Å². The van der Waals surface area contributed by atoms with Gasteiger partial charge in [-0.25, -0.2) is 0 Å². The highest BCUT2D eigenvalue weighted by molar-refractivity contribution is 5.90. The Balaban J connectivity index is 2.26. The summed E-state index contributed by atoms with van der Waals surface area (Å²) in [4.78, 5) is 22.7. The number of para-hydroxylation sites is 1. The van der Waals surface area contributed by atoms with Gasteiger partial charge in [0.1, 0.15) is 0 Å². The van der Waals surface area contributed by atoms with Gasteiger partial charge in [0.15, 0.2) is 0 Å². The van der Waals surface area contributed by atoms with Crippen molar-refractivity contribution in [2.75, 3.05) is 5.32 Å². The van der Waals surface area contributed by atoms with Gasteiger partial charge in [0, 0.05) is 17.0 Å². The fourth-order valence-corrected chi connectivity index (χ4v) is 2.57. The van der Waals surface area contributed by atoms with E-state index in [2.05, 4.69) is 12.2 Å². The first-order valence-corrected chi connectivity index (χ1v) is 8.62. The SMILES string of the molecule is CCCCCCCCCC(CC(=O)Nc1ccccc1)[N+](=O)[O-]. The molecular weight excluding hydrogens is 292 g/mol. The van der Waals surface area contributed by atoms with Crippen LogP contribution in [0.4, 0.5) is 5.69 Å². The monoisotopic (exact) mass is 320 g/mol. The number of benzene rings is 1. The zero-order chi connectivity index (χ0) is 16.9. The zero-order valence-electron chi connectivity index (χ0n) is 14.0. The quantitative estimate of drug-likeness (QED) is 0.341. The number of anilines is 1. The smallest absolute Gasteiger partial charge is 0.231 e. The first-order chi connectivity index (χ1) is 11.1. The molecule has 1 aromatic carbocycles. The Hall–Kier alpha value is -1.91. The summed E-state index contributed by atoms with van der Waals surface area (Å²) in [6, 6.07) is 8.26. The molecule has 23 heavy (non-hydrogen) atoms. The van der Waals surface area contributed by atoms with E-state index in [9.17, 15) is 14.9 Å². The van der Waals surface area contributed by atoms with Crippen LogP contribution in [0.15, 0.2) is 30.3 Å². The van der Waals surface area contributed by atoms with Crippen LogP contribution in [-0.4, -0.2) is 16.9 Å². The summed E-state index contributed by atoms with van der Waals surface area (Å²) in [6.07, 6.45) is 8.29. The molecule has 1 aromatic rings. The van der Waals surface area contributed by atoms with Gasteiger partial charge in [-0.3, -0.25) is 14.9 Å². The Morgan fingerprint density at radius 3 is 2.30 bits per heavy atom. The van der Waals surface area contributed by atoms with Crippen molar-refractivity contribution in [1.82, 2.24) is 0 Å². The first-order valence-electron chi connectivity index (χ1n) is 8.62. The number of hydrogen-bond acceptors (Lipinski definition) is 3. The highest BCUT2D eigenvalue weighted by atomic mass is 16.6. The standard InChI is InChI=1S/C18H28N2O3/c1-2-3-4-5-6-7-11-14-17(20(22)23)15-18(21)19-16-12-9-8-10-13-16/h8-10,12-13,17H,2-7,11,14-15H2,1H3,(H,19,21). The Morgan fingerprint density at radius 2 is 1.70 bits per heavy atom. The molecule has 1 N–H and O–H groups in total. The molecule has 1 rings (SSSR count). The zero-order valence-corrected chi connectivity index (χ0v) is 14.0. The number of hydrogen-bond donors (Lipinski definition) is 1. The van der Waals surface area contributed by atoms with Crippen LogP contribution in [0.1, 0.15) is 64.7 Å². The molecule has 0 heterocycles. The lowest BCUT2D eigenvalue weighted by Crippen LogP contribution is -2.26. The van der Waals surface area contributed by atoms with Crippen molar-refractivity contribution in [3.63, 3.8) is 0 Å². The number of nitro groups is 1. The van der Waals surface area contributed by atoms with E-state index in [0.29, 0.717) is 12.1 Å². The third-order valence-electron chi connectivity index (χ3n) is 3.92. The molecule has 0 fully saturated rings. The van der Waals surface area contributed by atoms with Gasteiger partial charge in [-0.2, -0.15) is 0 Å². The summed E-state index contributed by atoms with van der Waals surface area (Å²) in [6.45, 7) is 2.18. The molecule has 0 saturated carbocycles. The van der Waals surface area contributed by atoms with Crippen molar-refractivity contribution in [1.29, 1.82) is 0 Å². The van der Waals surface area contributed by atoms with Gasteiger partial charge in [-0.15, -0.1) is 0 Å². The van der Waals surface area contributed by atoms with E-state index in [1.54, 1.807) is 12.1 Å². The van der Waals surface area contributed by atoms with Crippen molar-refractivity contribution in [2.24, 2.45) is 0 Å². The van der Waals surface area contributed by atoms with Crippen LogP contribution in [0.3, 0.4) is 0 Å². The summed E-state index contributed by atoms with van der Waals surface area (Å²) >= 11 is 0. The molecule has 0 saturated heterocycles. The lowest BCUT2D eigenvalue weighted by molar-refractivity contribution is -0.522. The number of nitrogens with zero attached hydrogens (tertiary/aromatic N) is 1. The van der Waals surface area contributed by atoms with Gasteiger partial charge in [0.05, 0.1) is 6.42 Å². The normalized spacial score (nSPS) is 11.9. The van der Waals surface area contributed by atoms with E-state index >= 15 is 0 Å². The van der Waals surface area contributed by atoms with Crippen LogP contribution < -0.4 is 5.32 Å². The number of amides is 1. The van der Waals surface area contributed by atoms with E-state index < -0.39 is 6.04 Å². The maximum Gasteiger partial charge on any atom is 0.231 e. The minimum absolute atomic E-state index is 0.0578. The van der Waals surface area contributed by atoms with E-state index in [0.717, 1.165) is 19.3 Å². The van der Waals surface area contributed by atoms with Crippen molar-refractivity contribution in [2.45, 2.75) is 70.8 Å².